The summed E-state index contributed by atoms with van der Waals surface area (Å²) in [5.41, 5.74) is 10.4. The molecule has 3 heterocycles. The Labute approximate surface area is 180 Å². The molecule has 3 aromatic heterocycles. The molecule has 0 amide bonds. The molecule has 6 nitrogen and oxygen atoms in total. The number of hydrogen-bond donors (Lipinski definition) is 2. The average molecular weight is 417 g/mol. The van der Waals surface area contributed by atoms with Crippen LogP contribution in [0, 0.1) is 12.7 Å². The summed E-state index contributed by atoms with van der Waals surface area (Å²) >= 11 is 0. The zero-order chi connectivity index (χ0) is 21.4. The first-order valence-corrected chi connectivity index (χ1v) is 10.7. The first kappa shape index (κ1) is 19.6. The molecule has 4 aromatic rings. The lowest BCUT2D eigenvalue weighted by atomic mass is 9.92. The minimum Gasteiger partial charge on any atom is -0.351 e. The van der Waals surface area contributed by atoms with Crippen LogP contribution in [0.4, 0.5) is 10.3 Å². The van der Waals surface area contributed by atoms with Gasteiger partial charge in [0, 0.05) is 36.1 Å². The van der Waals surface area contributed by atoms with E-state index in [2.05, 4.69) is 15.3 Å². The summed E-state index contributed by atoms with van der Waals surface area (Å²) in [4.78, 5) is 13.7. The van der Waals surface area contributed by atoms with Crippen LogP contribution in [0.2, 0.25) is 0 Å². The molecule has 1 aromatic carbocycles. The summed E-state index contributed by atoms with van der Waals surface area (Å²) in [5.74, 6) is 0.300. The Morgan fingerprint density at radius 1 is 1.06 bits per heavy atom. The molecule has 0 atom stereocenters. The first-order valence-electron chi connectivity index (χ1n) is 10.7. The molecule has 3 N–H and O–H groups in total. The third-order valence-electron chi connectivity index (χ3n) is 6.00. The quantitative estimate of drug-likeness (QED) is 0.509. The highest BCUT2D eigenvalue weighted by molar-refractivity contribution is 5.69. The van der Waals surface area contributed by atoms with Gasteiger partial charge in [0.05, 0.1) is 17.6 Å². The Hall–Kier alpha value is -3.32. The molecule has 31 heavy (non-hydrogen) atoms. The number of aromatic nitrogens is 4. The van der Waals surface area contributed by atoms with Crippen molar-refractivity contribution in [3.8, 4) is 22.5 Å². The highest BCUT2D eigenvalue weighted by Crippen LogP contribution is 2.29. The molecule has 5 rings (SSSR count). The summed E-state index contributed by atoms with van der Waals surface area (Å²) in [7, 11) is 0. The Morgan fingerprint density at radius 3 is 2.61 bits per heavy atom. The number of anilines is 1. The maximum atomic E-state index is 14.8. The van der Waals surface area contributed by atoms with Gasteiger partial charge in [0.25, 0.3) is 0 Å². The van der Waals surface area contributed by atoms with E-state index in [4.69, 9.17) is 10.7 Å². The second-order valence-corrected chi connectivity index (χ2v) is 8.25. The number of nitrogens with two attached hydrogens (primary N) is 1. The number of nitrogens with zero attached hydrogens (tertiary/aromatic N) is 4. The van der Waals surface area contributed by atoms with Crippen LogP contribution in [-0.2, 0) is 0 Å². The minimum atomic E-state index is -0.298. The third kappa shape index (κ3) is 3.88. The van der Waals surface area contributed by atoms with Gasteiger partial charge in [-0.05, 0) is 43.7 Å². The largest absolute Gasteiger partial charge is 0.351 e. The second kappa shape index (κ2) is 8.07. The fourth-order valence-electron chi connectivity index (χ4n) is 4.22. The Bertz CT molecular complexity index is 1210. The van der Waals surface area contributed by atoms with Crippen LogP contribution < -0.4 is 11.1 Å². The van der Waals surface area contributed by atoms with E-state index in [9.17, 15) is 4.39 Å². The topological polar surface area (TPSA) is 81.1 Å². The molecule has 158 valence electrons. The van der Waals surface area contributed by atoms with Crippen LogP contribution >= 0.6 is 0 Å². The van der Waals surface area contributed by atoms with Crippen LogP contribution in [-0.4, -0.2) is 31.4 Å². The number of pyridine rings is 1. The van der Waals surface area contributed by atoms with Gasteiger partial charge >= 0.3 is 0 Å². The van der Waals surface area contributed by atoms with Crippen molar-refractivity contribution < 1.29 is 4.39 Å². The molecule has 1 aliphatic rings. The number of rotatable bonds is 4. The third-order valence-corrected chi connectivity index (χ3v) is 6.00. The molecule has 0 radical (unpaired) electrons. The number of nitrogens with one attached hydrogen (secondary N) is 1. The van der Waals surface area contributed by atoms with Crippen molar-refractivity contribution in [3.05, 3.63) is 66.4 Å². The van der Waals surface area contributed by atoms with Crippen LogP contribution in [0.5, 0.6) is 0 Å². The number of aryl methyl sites for hydroxylation is 1. The van der Waals surface area contributed by atoms with Crippen LogP contribution in [0.25, 0.3) is 28.2 Å². The highest BCUT2D eigenvalue weighted by Gasteiger charge is 2.20. The van der Waals surface area contributed by atoms with Crippen molar-refractivity contribution in [3.63, 3.8) is 0 Å². The lowest BCUT2D eigenvalue weighted by molar-refractivity contribution is 0.410. The van der Waals surface area contributed by atoms with Gasteiger partial charge in [-0.2, -0.15) is 0 Å². The fourth-order valence-corrected chi connectivity index (χ4v) is 4.22. The van der Waals surface area contributed by atoms with E-state index in [-0.39, 0.29) is 5.82 Å². The van der Waals surface area contributed by atoms with Gasteiger partial charge in [0.15, 0.2) is 0 Å². The number of fused-ring (bicyclic) bond motifs is 1. The van der Waals surface area contributed by atoms with Crippen LogP contribution in [0.15, 0.2) is 55.0 Å². The van der Waals surface area contributed by atoms with Gasteiger partial charge in [0.2, 0.25) is 5.95 Å². The zero-order valence-corrected chi connectivity index (χ0v) is 17.4. The fraction of sp³-hybridized carbons (Fsp3) is 0.292. The minimum absolute atomic E-state index is 0.296. The lowest BCUT2D eigenvalue weighted by Crippen LogP contribution is -2.33. The molecule has 0 bridgehead atoms. The standard InChI is InChI=1S/C24H25FN6/c1-15-12-28-24(29-18-9-7-17(26)8-10-18)30-23(15)21-13-27-22-11-20(25)19(14-31(21)22)16-5-3-2-4-6-16/h2-6,11-14,17-18H,7-10,26H2,1H3,(H,28,29,30). The molecule has 1 fully saturated rings. The van der Waals surface area contributed by atoms with Crippen LogP contribution in [0.3, 0.4) is 0 Å². The van der Waals surface area contributed by atoms with Gasteiger partial charge < -0.3 is 11.1 Å². The van der Waals surface area contributed by atoms with E-state index < -0.39 is 0 Å². The first-order chi connectivity index (χ1) is 15.1. The van der Waals surface area contributed by atoms with Crippen molar-refractivity contribution in [1.29, 1.82) is 0 Å². The number of imidazole rings is 1. The molecule has 1 aliphatic carbocycles. The predicted octanol–water partition coefficient (Wildman–Crippen LogP) is 4.59. The Kier molecular flexibility index (Phi) is 5.11. The summed E-state index contributed by atoms with van der Waals surface area (Å²) in [5, 5.41) is 3.46. The second-order valence-electron chi connectivity index (χ2n) is 8.25. The highest BCUT2D eigenvalue weighted by atomic mass is 19.1. The molecular weight excluding hydrogens is 391 g/mol. The summed E-state index contributed by atoms with van der Waals surface area (Å²) in [6, 6.07) is 11.6. The molecular formula is C24H25FN6. The molecule has 0 saturated heterocycles. The van der Waals surface area contributed by atoms with E-state index >= 15 is 0 Å². The van der Waals surface area contributed by atoms with Crippen LogP contribution in [0.1, 0.15) is 31.2 Å². The van der Waals surface area contributed by atoms with E-state index in [0.29, 0.717) is 29.2 Å². The molecule has 0 spiro atoms. The van der Waals surface area contributed by atoms with Crippen molar-refractivity contribution in [1.82, 2.24) is 19.4 Å². The van der Waals surface area contributed by atoms with E-state index in [1.807, 2.05) is 47.9 Å². The smallest absolute Gasteiger partial charge is 0.223 e. The Balaban J connectivity index is 1.53. The Morgan fingerprint density at radius 2 is 1.84 bits per heavy atom. The summed E-state index contributed by atoms with van der Waals surface area (Å²) in [6.07, 6.45) is 9.41. The monoisotopic (exact) mass is 416 g/mol. The lowest BCUT2D eigenvalue weighted by Gasteiger charge is -2.26. The normalized spacial score (nSPS) is 18.9. The van der Waals surface area contributed by atoms with Crippen molar-refractivity contribution in [2.45, 2.75) is 44.7 Å². The van der Waals surface area contributed by atoms with Gasteiger partial charge in [-0.25, -0.2) is 19.3 Å². The molecule has 1 saturated carbocycles. The van der Waals surface area contributed by atoms with E-state index in [1.165, 1.54) is 6.07 Å². The van der Waals surface area contributed by atoms with Gasteiger partial charge in [-0.3, -0.25) is 4.40 Å². The molecule has 0 aliphatic heterocycles. The summed E-state index contributed by atoms with van der Waals surface area (Å²) < 4.78 is 16.6. The maximum Gasteiger partial charge on any atom is 0.223 e. The van der Waals surface area contributed by atoms with Crippen molar-refractivity contribution in [2.24, 2.45) is 5.73 Å². The molecule has 7 heteroatoms. The number of halogens is 1. The zero-order valence-electron chi connectivity index (χ0n) is 17.4. The maximum absolute atomic E-state index is 14.8. The molecule has 0 unspecified atom stereocenters. The van der Waals surface area contributed by atoms with Gasteiger partial charge in [0.1, 0.15) is 11.5 Å². The van der Waals surface area contributed by atoms with E-state index in [0.717, 1.165) is 48.2 Å². The van der Waals surface area contributed by atoms with E-state index in [1.54, 1.807) is 12.4 Å². The number of hydrogen-bond acceptors (Lipinski definition) is 5. The predicted molar refractivity (Wildman–Crippen MR) is 120 cm³/mol. The summed E-state index contributed by atoms with van der Waals surface area (Å²) in [6.45, 7) is 1.97. The van der Waals surface area contributed by atoms with Gasteiger partial charge in [-0.1, -0.05) is 30.3 Å². The number of benzene rings is 1. The van der Waals surface area contributed by atoms with Gasteiger partial charge in [-0.15, -0.1) is 0 Å². The SMILES string of the molecule is Cc1cnc(NC2CCC(N)CC2)nc1-c1cnc2cc(F)c(-c3ccccc3)cn12. The van der Waals surface area contributed by atoms with Crippen molar-refractivity contribution in [2.75, 3.05) is 5.32 Å². The average Bonchev–Trinajstić information content (AvgIpc) is 3.19. The van der Waals surface area contributed by atoms with Crippen molar-refractivity contribution >= 4 is 11.6 Å².